The van der Waals surface area contributed by atoms with Gasteiger partial charge in [0.15, 0.2) is 0 Å². The minimum atomic E-state index is -0.353. The molecule has 2 rings (SSSR count). The number of hydrogen-bond donors (Lipinski definition) is 0. The fourth-order valence-electron chi connectivity index (χ4n) is 3.11. The quantitative estimate of drug-likeness (QED) is 0.148. The van der Waals surface area contributed by atoms with E-state index in [1.54, 1.807) is 12.1 Å². The third-order valence-corrected chi connectivity index (χ3v) is 4.95. The van der Waals surface area contributed by atoms with E-state index in [2.05, 4.69) is 13.5 Å². The topological polar surface area (TPSA) is 35.5 Å². The fraction of sp³-hybridized carbons (Fsp3) is 0.423. The number of benzene rings is 2. The van der Waals surface area contributed by atoms with Crippen LogP contribution in [-0.2, 0) is 6.42 Å². The summed E-state index contributed by atoms with van der Waals surface area (Å²) in [4.78, 5) is 12.3. The van der Waals surface area contributed by atoms with Crippen molar-refractivity contribution in [2.75, 3.05) is 6.61 Å². The van der Waals surface area contributed by atoms with E-state index >= 15 is 0 Å². The molecule has 2 aromatic carbocycles. The van der Waals surface area contributed by atoms with Gasteiger partial charge < -0.3 is 9.47 Å². The van der Waals surface area contributed by atoms with Crippen LogP contribution < -0.4 is 9.47 Å². The van der Waals surface area contributed by atoms with Crippen molar-refractivity contribution in [3.8, 4) is 11.5 Å². The summed E-state index contributed by atoms with van der Waals surface area (Å²) < 4.78 is 11.2. The molecular weight excluding hydrogens is 360 g/mol. The molecule has 0 aliphatic carbocycles. The minimum absolute atomic E-state index is 0.353. The van der Waals surface area contributed by atoms with Gasteiger partial charge in [0.1, 0.15) is 11.5 Å². The summed E-state index contributed by atoms with van der Waals surface area (Å²) in [6.07, 6.45) is 12.8. The number of carbonyl (C=O) groups excluding carboxylic acids is 1. The van der Waals surface area contributed by atoms with Crippen molar-refractivity contribution < 1.29 is 14.3 Å². The molecule has 0 unspecified atom stereocenters. The monoisotopic (exact) mass is 394 g/mol. The standard InChI is InChI=1S/C26H34O3/c1-3-5-6-7-8-9-10-11-12-21-28-24-19-15-23(16-20-24)26(27)29-25-17-13-22(4-2)14-18-25/h3,13-20H,1,4-12,21H2,2H3. The molecule has 29 heavy (non-hydrogen) atoms. The molecule has 0 heterocycles. The summed E-state index contributed by atoms with van der Waals surface area (Å²) in [6, 6.07) is 14.8. The van der Waals surface area contributed by atoms with Crippen LogP contribution in [0.3, 0.4) is 0 Å². The van der Waals surface area contributed by atoms with Crippen molar-refractivity contribution >= 4 is 5.97 Å². The summed E-state index contributed by atoms with van der Waals surface area (Å²) in [5, 5.41) is 0. The number of allylic oxidation sites excluding steroid dienone is 1. The smallest absolute Gasteiger partial charge is 0.343 e. The van der Waals surface area contributed by atoms with Crippen LogP contribution in [0.25, 0.3) is 0 Å². The van der Waals surface area contributed by atoms with E-state index in [-0.39, 0.29) is 5.97 Å². The van der Waals surface area contributed by atoms with Gasteiger partial charge in [0, 0.05) is 0 Å². The van der Waals surface area contributed by atoms with Crippen molar-refractivity contribution in [3.63, 3.8) is 0 Å². The van der Waals surface area contributed by atoms with Gasteiger partial charge >= 0.3 is 5.97 Å². The zero-order valence-electron chi connectivity index (χ0n) is 17.7. The van der Waals surface area contributed by atoms with Crippen LogP contribution in [0.15, 0.2) is 61.2 Å². The highest BCUT2D eigenvalue weighted by Gasteiger charge is 2.09. The first-order valence-electron chi connectivity index (χ1n) is 10.9. The van der Waals surface area contributed by atoms with Crippen molar-refractivity contribution in [1.82, 2.24) is 0 Å². The molecule has 0 saturated heterocycles. The maximum absolute atomic E-state index is 12.3. The minimum Gasteiger partial charge on any atom is -0.494 e. The Balaban J connectivity index is 1.62. The van der Waals surface area contributed by atoms with E-state index in [1.165, 1.54) is 44.1 Å². The number of ether oxygens (including phenoxy) is 2. The maximum atomic E-state index is 12.3. The Labute approximate surface area is 175 Å². The van der Waals surface area contributed by atoms with Crippen molar-refractivity contribution in [3.05, 3.63) is 72.3 Å². The van der Waals surface area contributed by atoms with E-state index in [9.17, 15) is 4.79 Å². The van der Waals surface area contributed by atoms with Crippen LogP contribution in [0.2, 0.25) is 0 Å². The lowest BCUT2D eigenvalue weighted by Crippen LogP contribution is -2.08. The number of rotatable bonds is 14. The van der Waals surface area contributed by atoms with Gasteiger partial charge in [-0.25, -0.2) is 4.79 Å². The molecule has 0 spiro atoms. The average Bonchev–Trinajstić information content (AvgIpc) is 2.76. The van der Waals surface area contributed by atoms with Crippen LogP contribution in [0.1, 0.15) is 74.2 Å². The van der Waals surface area contributed by atoms with Gasteiger partial charge in [-0.3, -0.25) is 0 Å². The van der Waals surface area contributed by atoms with Crippen LogP contribution >= 0.6 is 0 Å². The Morgan fingerprint density at radius 2 is 1.41 bits per heavy atom. The first-order valence-corrected chi connectivity index (χ1v) is 10.9. The normalized spacial score (nSPS) is 10.5. The van der Waals surface area contributed by atoms with Crippen molar-refractivity contribution in [2.45, 2.75) is 64.7 Å². The second-order valence-corrected chi connectivity index (χ2v) is 7.31. The summed E-state index contributed by atoms with van der Waals surface area (Å²) in [5.74, 6) is 1.00. The molecule has 0 aromatic heterocycles. The Morgan fingerprint density at radius 1 is 0.828 bits per heavy atom. The lowest BCUT2D eigenvalue weighted by Gasteiger charge is -2.08. The lowest BCUT2D eigenvalue weighted by atomic mass is 10.1. The second-order valence-electron chi connectivity index (χ2n) is 7.31. The van der Waals surface area contributed by atoms with Gasteiger partial charge in [-0.1, -0.05) is 57.2 Å². The number of aryl methyl sites for hydroxylation is 1. The van der Waals surface area contributed by atoms with Crippen molar-refractivity contribution in [1.29, 1.82) is 0 Å². The first kappa shape index (κ1) is 22.7. The number of hydrogen-bond acceptors (Lipinski definition) is 3. The summed E-state index contributed by atoms with van der Waals surface area (Å²) in [6.45, 7) is 6.56. The molecule has 0 saturated carbocycles. The molecular formula is C26H34O3. The molecule has 0 amide bonds. The molecule has 156 valence electrons. The molecule has 0 fully saturated rings. The first-order chi connectivity index (χ1) is 14.2. The highest BCUT2D eigenvalue weighted by Crippen LogP contribution is 2.17. The summed E-state index contributed by atoms with van der Waals surface area (Å²) in [5.41, 5.74) is 1.74. The van der Waals surface area contributed by atoms with E-state index in [1.807, 2.05) is 42.5 Å². The number of unbranched alkanes of at least 4 members (excludes halogenated alkanes) is 7. The van der Waals surface area contributed by atoms with Crippen LogP contribution in [0, 0.1) is 0 Å². The van der Waals surface area contributed by atoms with Crippen LogP contribution in [0.4, 0.5) is 0 Å². The lowest BCUT2D eigenvalue weighted by molar-refractivity contribution is 0.0734. The van der Waals surface area contributed by atoms with E-state index in [0.717, 1.165) is 25.0 Å². The largest absolute Gasteiger partial charge is 0.494 e. The SMILES string of the molecule is C=CCCCCCCCCCOc1ccc(C(=O)Oc2ccc(CC)cc2)cc1. The maximum Gasteiger partial charge on any atom is 0.343 e. The van der Waals surface area contributed by atoms with Crippen molar-refractivity contribution in [2.24, 2.45) is 0 Å². The van der Waals surface area contributed by atoms with Crippen LogP contribution in [0.5, 0.6) is 11.5 Å². The highest BCUT2D eigenvalue weighted by atomic mass is 16.5. The number of esters is 1. The third-order valence-electron chi connectivity index (χ3n) is 4.95. The zero-order valence-corrected chi connectivity index (χ0v) is 17.7. The molecule has 3 heteroatoms. The van der Waals surface area contributed by atoms with Gasteiger partial charge in [-0.05, 0) is 67.6 Å². The van der Waals surface area contributed by atoms with E-state index < -0.39 is 0 Å². The Kier molecular flexibility index (Phi) is 10.7. The molecule has 0 bridgehead atoms. The second kappa shape index (κ2) is 13.6. The highest BCUT2D eigenvalue weighted by molar-refractivity contribution is 5.91. The molecule has 0 atom stereocenters. The molecule has 3 nitrogen and oxygen atoms in total. The van der Waals surface area contributed by atoms with Gasteiger partial charge in [0.2, 0.25) is 0 Å². The van der Waals surface area contributed by atoms with E-state index in [4.69, 9.17) is 9.47 Å². The van der Waals surface area contributed by atoms with Gasteiger partial charge in [0.25, 0.3) is 0 Å². The molecule has 0 aliphatic rings. The Bertz CT molecular complexity index is 717. The Morgan fingerprint density at radius 3 is 2.03 bits per heavy atom. The summed E-state index contributed by atoms with van der Waals surface area (Å²) in [7, 11) is 0. The summed E-state index contributed by atoms with van der Waals surface area (Å²) >= 11 is 0. The average molecular weight is 395 g/mol. The number of carbonyl (C=O) groups is 1. The molecule has 0 aliphatic heterocycles. The Hall–Kier alpha value is -2.55. The fourth-order valence-corrected chi connectivity index (χ4v) is 3.11. The van der Waals surface area contributed by atoms with Gasteiger partial charge in [-0.2, -0.15) is 0 Å². The van der Waals surface area contributed by atoms with E-state index in [0.29, 0.717) is 17.9 Å². The predicted molar refractivity (Wildman–Crippen MR) is 120 cm³/mol. The predicted octanol–water partition coefficient (Wildman–Crippen LogP) is 7.15. The zero-order chi connectivity index (χ0) is 20.7. The molecule has 0 N–H and O–H groups in total. The van der Waals surface area contributed by atoms with Gasteiger partial charge in [0.05, 0.1) is 12.2 Å². The van der Waals surface area contributed by atoms with Crippen LogP contribution in [-0.4, -0.2) is 12.6 Å². The third kappa shape index (κ3) is 8.99. The molecule has 0 radical (unpaired) electrons. The van der Waals surface area contributed by atoms with Gasteiger partial charge in [-0.15, -0.1) is 6.58 Å². The molecule has 2 aromatic rings.